The number of benzene rings is 1. The largest absolute Gasteiger partial charge is 0.362 e. The molecule has 12 heteroatoms. The Kier molecular flexibility index (Phi) is 7.64. The molecule has 1 N–H and O–H groups in total. The van der Waals surface area contributed by atoms with Gasteiger partial charge in [0, 0.05) is 24.8 Å². The number of aromatic nitrogens is 2. The molecule has 0 saturated carbocycles. The number of halogens is 1. The number of nitrogens with one attached hydrogen (secondary N) is 1. The van der Waals surface area contributed by atoms with Crippen LogP contribution in [-0.4, -0.2) is 72.0 Å². The third-order valence-electron chi connectivity index (χ3n) is 4.65. The number of likely N-dealkylation sites (N-methyl/N-ethyl adjacent to an activating group) is 1. The lowest BCUT2D eigenvalue weighted by Crippen LogP contribution is -2.47. The molecule has 3 atom stereocenters. The first-order valence-electron chi connectivity index (χ1n) is 9.57. The van der Waals surface area contributed by atoms with Gasteiger partial charge in [-0.2, -0.15) is 4.98 Å². The summed E-state index contributed by atoms with van der Waals surface area (Å²) in [5.74, 6) is -0.212. The number of nitrogens with zero attached hydrogens (tertiary/aromatic N) is 4. The summed E-state index contributed by atoms with van der Waals surface area (Å²) in [6.07, 6.45) is 0.449. The van der Waals surface area contributed by atoms with E-state index >= 15 is 0 Å². The van der Waals surface area contributed by atoms with Crippen molar-refractivity contribution >= 4 is 29.8 Å². The first kappa shape index (κ1) is 23.6. The summed E-state index contributed by atoms with van der Waals surface area (Å²) >= 11 is 5.90. The molecule has 0 bridgehead atoms. The van der Waals surface area contributed by atoms with Crippen molar-refractivity contribution in [2.75, 3.05) is 46.2 Å². The SMILES string of the molecule is CN1CC(n2ccc(NC(=O)c3ccccc3)nc2=O)O[C@H](CO[P@@](=O)(Cl)N(C)C)C1. The van der Waals surface area contributed by atoms with Crippen LogP contribution in [0.15, 0.2) is 47.4 Å². The quantitative estimate of drug-likeness (QED) is 0.615. The third kappa shape index (κ3) is 6.22. The van der Waals surface area contributed by atoms with Gasteiger partial charge < -0.3 is 14.6 Å². The van der Waals surface area contributed by atoms with Gasteiger partial charge in [0.2, 0.25) is 0 Å². The van der Waals surface area contributed by atoms with Crippen molar-refractivity contribution < 1.29 is 18.6 Å². The maximum absolute atomic E-state index is 12.6. The predicted octanol–water partition coefficient (Wildman–Crippen LogP) is 2.25. The van der Waals surface area contributed by atoms with Gasteiger partial charge in [0.25, 0.3) is 5.91 Å². The number of rotatable bonds is 7. The molecule has 1 saturated heterocycles. The summed E-state index contributed by atoms with van der Waals surface area (Å²) < 4.78 is 26.1. The van der Waals surface area contributed by atoms with Crippen molar-refractivity contribution in [3.63, 3.8) is 0 Å². The van der Waals surface area contributed by atoms with Crippen molar-refractivity contribution in [3.05, 3.63) is 58.6 Å². The van der Waals surface area contributed by atoms with Crippen LogP contribution in [-0.2, 0) is 13.8 Å². The maximum Gasteiger partial charge on any atom is 0.362 e. The highest BCUT2D eigenvalue weighted by molar-refractivity contribution is 7.83. The Hall–Kier alpha value is -2.07. The van der Waals surface area contributed by atoms with Crippen LogP contribution in [0, 0.1) is 0 Å². The zero-order chi connectivity index (χ0) is 22.6. The highest BCUT2D eigenvalue weighted by Crippen LogP contribution is 2.54. The Bertz CT molecular complexity index is 1020. The van der Waals surface area contributed by atoms with Gasteiger partial charge in [-0.05, 0) is 50.6 Å². The van der Waals surface area contributed by atoms with Crippen LogP contribution in [0.1, 0.15) is 16.6 Å². The molecular weight excluding hydrogens is 445 g/mol. The normalized spacial score (nSPS) is 21.6. The van der Waals surface area contributed by atoms with Gasteiger partial charge in [-0.1, -0.05) is 18.2 Å². The van der Waals surface area contributed by atoms with Gasteiger partial charge >= 0.3 is 12.6 Å². The number of hydrogen-bond acceptors (Lipinski definition) is 7. The van der Waals surface area contributed by atoms with Crippen LogP contribution in [0.5, 0.6) is 0 Å². The molecule has 168 valence electrons. The van der Waals surface area contributed by atoms with Gasteiger partial charge in [0.15, 0.2) is 6.23 Å². The average Bonchev–Trinajstić information content (AvgIpc) is 2.72. The summed E-state index contributed by atoms with van der Waals surface area (Å²) in [5.41, 5.74) is -0.106. The molecule has 1 aromatic carbocycles. The lowest BCUT2D eigenvalue weighted by Gasteiger charge is -2.36. The van der Waals surface area contributed by atoms with E-state index in [1.165, 1.54) is 21.5 Å². The molecule has 31 heavy (non-hydrogen) atoms. The van der Waals surface area contributed by atoms with Crippen LogP contribution in [0.25, 0.3) is 0 Å². The van der Waals surface area contributed by atoms with E-state index in [1.54, 1.807) is 38.4 Å². The monoisotopic (exact) mass is 469 g/mol. The number of carbonyl (C=O) groups is 1. The molecule has 1 unspecified atom stereocenters. The van der Waals surface area contributed by atoms with E-state index in [0.717, 1.165) is 0 Å². The maximum atomic E-state index is 12.6. The molecule has 2 heterocycles. The first-order valence-corrected chi connectivity index (χ1v) is 12.1. The Morgan fingerprint density at radius 3 is 2.68 bits per heavy atom. The molecule has 3 rings (SSSR count). The predicted molar refractivity (Wildman–Crippen MR) is 117 cm³/mol. The van der Waals surface area contributed by atoms with Crippen molar-refractivity contribution in [2.24, 2.45) is 0 Å². The Balaban J connectivity index is 1.68. The lowest BCUT2D eigenvalue weighted by atomic mass is 10.2. The van der Waals surface area contributed by atoms with Gasteiger partial charge in [-0.3, -0.25) is 18.8 Å². The van der Waals surface area contributed by atoms with Gasteiger partial charge in [0.05, 0.1) is 12.7 Å². The molecule has 0 radical (unpaired) electrons. The van der Waals surface area contributed by atoms with Crippen LogP contribution in [0.3, 0.4) is 0 Å². The fourth-order valence-corrected chi connectivity index (χ4v) is 3.76. The number of amides is 1. The molecule has 1 aliphatic rings. The van der Waals surface area contributed by atoms with Gasteiger partial charge in [-0.15, -0.1) is 0 Å². The lowest BCUT2D eigenvalue weighted by molar-refractivity contribution is -0.127. The molecule has 2 aromatic rings. The third-order valence-corrected chi connectivity index (χ3v) is 7.27. The zero-order valence-corrected chi connectivity index (χ0v) is 19.1. The fraction of sp³-hybridized carbons (Fsp3) is 0.421. The van der Waals surface area contributed by atoms with Crippen molar-refractivity contribution in [3.8, 4) is 0 Å². The highest BCUT2D eigenvalue weighted by atomic mass is 35.7. The molecule has 0 aliphatic carbocycles. The minimum atomic E-state index is -3.41. The van der Waals surface area contributed by atoms with E-state index in [0.29, 0.717) is 18.7 Å². The van der Waals surface area contributed by atoms with Gasteiger partial charge in [-0.25, -0.2) is 9.46 Å². The molecule has 1 amide bonds. The smallest absolute Gasteiger partial charge is 0.350 e. The van der Waals surface area contributed by atoms with E-state index in [-0.39, 0.29) is 18.3 Å². The zero-order valence-electron chi connectivity index (χ0n) is 17.5. The summed E-state index contributed by atoms with van der Waals surface area (Å²) in [6.45, 7) is -2.44. The number of anilines is 1. The van der Waals surface area contributed by atoms with E-state index in [2.05, 4.69) is 10.3 Å². The van der Waals surface area contributed by atoms with E-state index in [1.807, 2.05) is 18.0 Å². The summed E-state index contributed by atoms with van der Waals surface area (Å²) in [5, 5.41) is 2.61. The average molecular weight is 470 g/mol. The minimum absolute atomic E-state index is 0.00714. The van der Waals surface area contributed by atoms with E-state index in [9.17, 15) is 14.2 Å². The molecule has 1 aromatic heterocycles. The topological polar surface area (TPSA) is 106 Å². The Labute approximate surface area is 185 Å². The Morgan fingerprint density at radius 2 is 2.03 bits per heavy atom. The van der Waals surface area contributed by atoms with Crippen molar-refractivity contribution in [1.82, 2.24) is 19.1 Å². The first-order chi connectivity index (χ1) is 14.7. The molecular formula is C19H25ClN5O5P. The standard InChI is InChI=1S/C19H25ClN5O5P/c1-23(2)31(20,28)29-13-15-11-24(3)12-17(30-15)25-10-9-16(22-19(25)27)21-18(26)14-7-5-4-6-8-14/h4-10,15,17H,11-13H2,1-3H3,(H,21,22,26,27)/t15-,17?,31-/m0/s1. The number of ether oxygens (including phenoxy) is 1. The van der Waals surface area contributed by atoms with Crippen molar-refractivity contribution in [2.45, 2.75) is 12.3 Å². The summed E-state index contributed by atoms with van der Waals surface area (Å²) in [6, 6.07) is 10.2. The molecule has 1 aliphatic heterocycles. The second-order valence-electron chi connectivity index (χ2n) is 7.35. The van der Waals surface area contributed by atoms with Crippen molar-refractivity contribution in [1.29, 1.82) is 0 Å². The molecule has 10 nitrogen and oxygen atoms in total. The van der Waals surface area contributed by atoms with Crippen LogP contribution in [0.4, 0.5) is 5.82 Å². The number of morpholine rings is 1. The summed E-state index contributed by atoms with van der Waals surface area (Å²) in [4.78, 5) is 30.7. The van der Waals surface area contributed by atoms with Gasteiger partial charge in [0.1, 0.15) is 5.82 Å². The second-order valence-corrected chi connectivity index (χ2v) is 10.6. The second kappa shape index (κ2) is 10.0. The minimum Gasteiger partial charge on any atom is -0.350 e. The van der Waals surface area contributed by atoms with Crippen LogP contribution >= 0.6 is 18.1 Å². The van der Waals surface area contributed by atoms with E-state index < -0.39 is 24.9 Å². The van der Waals surface area contributed by atoms with Crippen LogP contribution < -0.4 is 11.0 Å². The number of carbonyl (C=O) groups excluding carboxylic acids is 1. The highest BCUT2D eigenvalue weighted by Gasteiger charge is 2.31. The molecule has 1 fully saturated rings. The molecule has 0 spiro atoms. The fourth-order valence-electron chi connectivity index (χ4n) is 3.01. The number of hydrogen-bond donors (Lipinski definition) is 1. The Morgan fingerprint density at radius 1 is 1.32 bits per heavy atom. The van der Waals surface area contributed by atoms with E-state index in [4.69, 9.17) is 20.5 Å². The summed E-state index contributed by atoms with van der Waals surface area (Å²) in [7, 11) is 5.00. The van der Waals surface area contributed by atoms with Crippen LogP contribution in [0.2, 0.25) is 0 Å².